The Kier molecular flexibility index (Phi) is 5.41. The monoisotopic (exact) mass is 340 g/mol. The summed E-state index contributed by atoms with van der Waals surface area (Å²) in [6.07, 6.45) is 4.11. The summed E-state index contributed by atoms with van der Waals surface area (Å²) >= 11 is 0. The van der Waals surface area contributed by atoms with Gasteiger partial charge in [0.2, 0.25) is 11.8 Å². The van der Waals surface area contributed by atoms with Gasteiger partial charge < -0.3 is 14.5 Å². The molecule has 2 heterocycles. The van der Waals surface area contributed by atoms with Crippen molar-refractivity contribution < 1.29 is 18.3 Å². The molecule has 25 heavy (non-hydrogen) atoms. The molecule has 1 amide bonds. The van der Waals surface area contributed by atoms with Gasteiger partial charge in [-0.25, -0.2) is 9.37 Å². The molecule has 0 atom stereocenters. The molecule has 0 spiro atoms. The number of aromatic nitrogens is 1. The number of aryl methyl sites for hydroxylation is 1. The smallest absolute Gasteiger partial charge is 0.220 e. The summed E-state index contributed by atoms with van der Waals surface area (Å²) in [6, 6.07) is 12.9. The first-order valence-electron chi connectivity index (χ1n) is 7.86. The van der Waals surface area contributed by atoms with Crippen LogP contribution >= 0.6 is 0 Å². The molecule has 0 bridgehead atoms. The second-order valence-corrected chi connectivity index (χ2v) is 5.41. The molecule has 0 aliphatic rings. The standard InChI is InChI=1S/C19H17FN2O3/c20-15-3-5-17(6-4-15)25-19-12-14(9-10-21-19)13-22-18(23)8-7-16-2-1-11-24-16/h1-6,9-12H,7-8,13H2,(H,22,23). The van der Waals surface area contributed by atoms with Gasteiger partial charge in [0, 0.05) is 31.6 Å². The van der Waals surface area contributed by atoms with Crippen LogP contribution in [0.4, 0.5) is 4.39 Å². The molecule has 6 heteroatoms. The number of pyridine rings is 1. The topological polar surface area (TPSA) is 64.4 Å². The first-order valence-corrected chi connectivity index (χ1v) is 7.86. The SMILES string of the molecule is O=C(CCc1ccco1)NCc1ccnc(Oc2ccc(F)cc2)c1. The summed E-state index contributed by atoms with van der Waals surface area (Å²) in [7, 11) is 0. The maximum Gasteiger partial charge on any atom is 0.220 e. The van der Waals surface area contributed by atoms with Gasteiger partial charge in [0.25, 0.3) is 0 Å². The Morgan fingerprint density at radius 3 is 2.80 bits per heavy atom. The lowest BCUT2D eigenvalue weighted by Gasteiger charge is -2.08. The Morgan fingerprint density at radius 1 is 1.20 bits per heavy atom. The Balaban J connectivity index is 1.51. The Bertz CT molecular complexity index is 817. The van der Waals surface area contributed by atoms with Crippen LogP contribution in [0.25, 0.3) is 0 Å². The Morgan fingerprint density at radius 2 is 2.04 bits per heavy atom. The van der Waals surface area contributed by atoms with Crippen LogP contribution in [0.2, 0.25) is 0 Å². The summed E-state index contributed by atoms with van der Waals surface area (Å²) in [5.41, 5.74) is 0.860. The van der Waals surface area contributed by atoms with E-state index in [1.54, 1.807) is 30.7 Å². The third-order valence-electron chi connectivity index (χ3n) is 3.50. The van der Waals surface area contributed by atoms with E-state index in [1.165, 1.54) is 24.3 Å². The zero-order valence-corrected chi connectivity index (χ0v) is 13.4. The molecule has 0 saturated heterocycles. The van der Waals surface area contributed by atoms with Gasteiger partial charge in [-0.15, -0.1) is 0 Å². The molecule has 3 rings (SSSR count). The molecule has 0 aliphatic carbocycles. The number of ether oxygens (including phenoxy) is 1. The van der Waals surface area contributed by atoms with Crippen molar-refractivity contribution in [1.82, 2.24) is 10.3 Å². The number of amides is 1. The van der Waals surface area contributed by atoms with Crippen LogP contribution < -0.4 is 10.1 Å². The first kappa shape index (κ1) is 16.7. The number of nitrogens with one attached hydrogen (secondary N) is 1. The van der Waals surface area contributed by atoms with Crippen molar-refractivity contribution >= 4 is 5.91 Å². The largest absolute Gasteiger partial charge is 0.469 e. The summed E-state index contributed by atoms with van der Waals surface area (Å²) in [6.45, 7) is 0.374. The molecule has 0 unspecified atom stereocenters. The maximum absolute atomic E-state index is 12.9. The second-order valence-electron chi connectivity index (χ2n) is 5.41. The van der Waals surface area contributed by atoms with Crippen LogP contribution in [0.5, 0.6) is 11.6 Å². The second kappa shape index (κ2) is 8.10. The normalized spacial score (nSPS) is 10.4. The molecule has 0 aliphatic heterocycles. The number of hydrogen-bond acceptors (Lipinski definition) is 4. The lowest BCUT2D eigenvalue weighted by molar-refractivity contribution is -0.121. The number of benzene rings is 1. The minimum Gasteiger partial charge on any atom is -0.469 e. The van der Waals surface area contributed by atoms with Crippen molar-refractivity contribution in [2.45, 2.75) is 19.4 Å². The quantitative estimate of drug-likeness (QED) is 0.709. The molecular weight excluding hydrogens is 323 g/mol. The highest BCUT2D eigenvalue weighted by molar-refractivity contribution is 5.76. The van der Waals surface area contributed by atoms with Crippen molar-refractivity contribution in [3.63, 3.8) is 0 Å². The van der Waals surface area contributed by atoms with E-state index in [2.05, 4.69) is 10.3 Å². The van der Waals surface area contributed by atoms with Crippen molar-refractivity contribution in [2.75, 3.05) is 0 Å². The predicted octanol–water partition coefficient (Wildman–Crippen LogP) is 3.86. The molecule has 0 radical (unpaired) electrons. The molecule has 1 N–H and O–H groups in total. The average molecular weight is 340 g/mol. The Labute approximate surface area is 144 Å². The molecule has 2 aromatic heterocycles. The lowest BCUT2D eigenvalue weighted by Crippen LogP contribution is -2.22. The average Bonchev–Trinajstić information content (AvgIpc) is 3.14. The molecule has 0 fully saturated rings. The van der Waals surface area contributed by atoms with E-state index in [0.29, 0.717) is 31.0 Å². The third kappa shape index (κ3) is 5.17. The molecule has 0 saturated carbocycles. The van der Waals surface area contributed by atoms with E-state index in [9.17, 15) is 9.18 Å². The highest BCUT2D eigenvalue weighted by Crippen LogP contribution is 2.20. The fraction of sp³-hybridized carbons (Fsp3) is 0.158. The number of carbonyl (C=O) groups excluding carboxylic acids is 1. The zero-order valence-electron chi connectivity index (χ0n) is 13.4. The van der Waals surface area contributed by atoms with Crippen LogP contribution in [-0.4, -0.2) is 10.9 Å². The predicted molar refractivity (Wildman–Crippen MR) is 89.6 cm³/mol. The van der Waals surface area contributed by atoms with Gasteiger partial charge in [0.05, 0.1) is 6.26 Å². The van der Waals surface area contributed by atoms with E-state index in [4.69, 9.17) is 9.15 Å². The molecule has 128 valence electrons. The van der Waals surface area contributed by atoms with Crippen LogP contribution in [0, 0.1) is 5.82 Å². The maximum atomic E-state index is 12.9. The molecular formula is C19H17FN2O3. The summed E-state index contributed by atoms with van der Waals surface area (Å²) < 4.78 is 23.7. The van der Waals surface area contributed by atoms with Crippen molar-refractivity contribution in [3.8, 4) is 11.6 Å². The fourth-order valence-corrected chi connectivity index (χ4v) is 2.22. The molecule has 1 aromatic carbocycles. The zero-order chi connectivity index (χ0) is 17.5. The van der Waals surface area contributed by atoms with Gasteiger partial charge in [0.15, 0.2) is 0 Å². The van der Waals surface area contributed by atoms with E-state index in [1.807, 2.05) is 6.07 Å². The number of hydrogen-bond donors (Lipinski definition) is 1. The minimum atomic E-state index is -0.327. The first-order chi connectivity index (χ1) is 12.2. The van der Waals surface area contributed by atoms with E-state index < -0.39 is 0 Å². The van der Waals surface area contributed by atoms with Gasteiger partial charge in [0.1, 0.15) is 17.3 Å². The van der Waals surface area contributed by atoms with Crippen LogP contribution in [0.15, 0.2) is 65.4 Å². The van der Waals surface area contributed by atoms with Gasteiger partial charge in [-0.05, 0) is 48.0 Å². The van der Waals surface area contributed by atoms with Crippen LogP contribution in [-0.2, 0) is 17.8 Å². The highest BCUT2D eigenvalue weighted by Gasteiger charge is 2.05. The third-order valence-corrected chi connectivity index (χ3v) is 3.50. The number of halogens is 1. The van der Waals surface area contributed by atoms with Crippen molar-refractivity contribution in [3.05, 3.63) is 78.1 Å². The van der Waals surface area contributed by atoms with E-state index in [-0.39, 0.29) is 11.7 Å². The Hall–Kier alpha value is -3.15. The van der Waals surface area contributed by atoms with Crippen LogP contribution in [0.1, 0.15) is 17.7 Å². The molecule has 5 nitrogen and oxygen atoms in total. The van der Waals surface area contributed by atoms with E-state index >= 15 is 0 Å². The van der Waals surface area contributed by atoms with Crippen molar-refractivity contribution in [1.29, 1.82) is 0 Å². The number of carbonyl (C=O) groups is 1. The van der Waals surface area contributed by atoms with E-state index in [0.717, 1.165) is 11.3 Å². The van der Waals surface area contributed by atoms with Gasteiger partial charge in [-0.2, -0.15) is 0 Å². The van der Waals surface area contributed by atoms with Crippen LogP contribution in [0.3, 0.4) is 0 Å². The lowest BCUT2D eigenvalue weighted by atomic mass is 10.2. The fourth-order valence-electron chi connectivity index (χ4n) is 2.22. The number of rotatable bonds is 7. The number of nitrogens with zero attached hydrogens (tertiary/aromatic N) is 1. The minimum absolute atomic E-state index is 0.0609. The molecule has 3 aromatic rings. The van der Waals surface area contributed by atoms with Gasteiger partial charge >= 0.3 is 0 Å². The summed E-state index contributed by atoms with van der Waals surface area (Å²) in [5.74, 6) is 1.28. The summed E-state index contributed by atoms with van der Waals surface area (Å²) in [5, 5.41) is 2.85. The summed E-state index contributed by atoms with van der Waals surface area (Å²) in [4.78, 5) is 16.0. The van der Waals surface area contributed by atoms with Gasteiger partial charge in [-0.3, -0.25) is 4.79 Å². The van der Waals surface area contributed by atoms with Gasteiger partial charge in [-0.1, -0.05) is 0 Å². The number of furan rings is 1. The van der Waals surface area contributed by atoms with Crippen molar-refractivity contribution in [2.24, 2.45) is 0 Å². The highest BCUT2D eigenvalue weighted by atomic mass is 19.1.